The van der Waals surface area contributed by atoms with Crippen LogP contribution < -0.4 is 14.5 Å². The fourth-order valence-corrected chi connectivity index (χ4v) is 2.84. The lowest BCUT2D eigenvalue weighted by Crippen LogP contribution is -2.41. The Morgan fingerprint density at radius 2 is 1.88 bits per heavy atom. The number of ketones is 1. The van der Waals surface area contributed by atoms with Crippen LogP contribution in [0.1, 0.15) is 23.7 Å². The molecular weight excluding hydrogens is 332 g/mol. The molecule has 0 saturated carbocycles. The first-order valence-electron chi connectivity index (χ1n) is 8.37. The zero-order chi connectivity index (χ0) is 18.7. The number of hydrogen-bond acceptors (Lipinski definition) is 4. The van der Waals surface area contributed by atoms with E-state index in [9.17, 15) is 14.4 Å². The molecule has 3 rings (SSSR count). The average molecular weight is 352 g/mol. The van der Waals surface area contributed by atoms with E-state index in [4.69, 9.17) is 4.74 Å². The van der Waals surface area contributed by atoms with Crippen molar-refractivity contribution >= 4 is 29.0 Å². The maximum atomic E-state index is 12.5. The van der Waals surface area contributed by atoms with Gasteiger partial charge in [-0.1, -0.05) is 18.2 Å². The van der Waals surface area contributed by atoms with Gasteiger partial charge in [-0.05, 0) is 37.3 Å². The largest absolute Gasteiger partial charge is 0.482 e. The predicted octanol–water partition coefficient (Wildman–Crippen LogP) is 2.67. The first-order valence-corrected chi connectivity index (χ1v) is 8.37. The molecule has 6 nitrogen and oxygen atoms in total. The average Bonchev–Trinajstić information content (AvgIpc) is 2.66. The Labute approximate surface area is 152 Å². The van der Waals surface area contributed by atoms with Gasteiger partial charge in [0.1, 0.15) is 5.75 Å². The van der Waals surface area contributed by atoms with Crippen molar-refractivity contribution in [3.05, 3.63) is 54.1 Å². The number of amides is 2. The Bertz CT molecular complexity index is 848. The molecule has 2 aromatic rings. The molecule has 134 valence electrons. The molecule has 0 N–H and O–H groups in total. The Balaban J connectivity index is 1.76. The molecule has 2 amide bonds. The van der Waals surface area contributed by atoms with Gasteiger partial charge >= 0.3 is 0 Å². The predicted molar refractivity (Wildman–Crippen MR) is 98.8 cm³/mol. The number of carbonyl (C=O) groups excluding carboxylic acids is 3. The highest BCUT2D eigenvalue weighted by molar-refractivity contribution is 6.02. The zero-order valence-corrected chi connectivity index (χ0v) is 14.8. The number of anilines is 2. The number of hydrogen-bond donors (Lipinski definition) is 0. The smallest absolute Gasteiger partial charge is 0.265 e. The van der Waals surface area contributed by atoms with Gasteiger partial charge < -0.3 is 14.5 Å². The van der Waals surface area contributed by atoms with Gasteiger partial charge in [0.25, 0.3) is 5.91 Å². The lowest BCUT2D eigenvalue weighted by molar-refractivity contribution is -0.121. The molecule has 1 aliphatic rings. The van der Waals surface area contributed by atoms with Crippen LogP contribution in [0.15, 0.2) is 48.5 Å². The molecule has 0 fully saturated rings. The molecule has 0 spiro atoms. The summed E-state index contributed by atoms with van der Waals surface area (Å²) in [6.45, 7) is 1.62. The second-order valence-corrected chi connectivity index (χ2v) is 6.11. The normalized spacial score (nSPS) is 13.0. The van der Waals surface area contributed by atoms with Crippen LogP contribution in [0, 0.1) is 0 Å². The van der Waals surface area contributed by atoms with Crippen molar-refractivity contribution in [2.75, 3.05) is 30.0 Å². The summed E-state index contributed by atoms with van der Waals surface area (Å²) in [4.78, 5) is 39.5. The first-order chi connectivity index (χ1) is 12.5. The summed E-state index contributed by atoms with van der Waals surface area (Å²) in [6.07, 6.45) is 0.168. The lowest BCUT2D eigenvalue weighted by Gasteiger charge is -2.30. The van der Waals surface area contributed by atoms with Gasteiger partial charge in [-0.3, -0.25) is 14.4 Å². The van der Waals surface area contributed by atoms with Crippen molar-refractivity contribution < 1.29 is 19.1 Å². The summed E-state index contributed by atoms with van der Waals surface area (Å²) in [7, 11) is 1.71. The van der Waals surface area contributed by atoms with E-state index in [-0.39, 0.29) is 37.2 Å². The van der Waals surface area contributed by atoms with Crippen LogP contribution in [0.5, 0.6) is 5.75 Å². The van der Waals surface area contributed by atoms with Crippen LogP contribution in [0.25, 0.3) is 0 Å². The summed E-state index contributed by atoms with van der Waals surface area (Å²) in [5.41, 5.74) is 1.83. The topological polar surface area (TPSA) is 66.9 Å². The first kappa shape index (κ1) is 17.7. The van der Waals surface area contributed by atoms with Gasteiger partial charge in [-0.15, -0.1) is 0 Å². The number of nitrogens with zero attached hydrogens (tertiary/aromatic N) is 2. The maximum absolute atomic E-state index is 12.5. The van der Waals surface area contributed by atoms with Crippen LogP contribution in [0.4, 0.5) is 11.4 Å². The van der Waals surface area contributed by atoms with Gasteiger partial charge in [0, 0.05) is 31.3 Å². The molecule has 2 aromatic carbocycles. The standard InChI is InChI=1S/C20H20N2O4/c1-14(23)15-8-9-18-17(12-15)22(20(25)13-26-18)11-10-19(24)21(2)16-6-4-3-5-7-16/h3-9,12H,10-11,13H2,1-2H3. The van der Waals surface area contributed by atoms with Crippen molar-refractivity contribution in [1.82, 2.24) is 0 Å². The summed E-state index contributed by atoms with van der Waals surface area (Å²) in [6, 6.07) is 14.3. The molecule has 0 aromatic heterocycles. The molecule has 0 atom stereocenters. The Kier molecular flexibility index (Phi) is 5.02. The highest BCUT2D eigenvalue weighted by atomic mass is 16.5. The van der Waals surface area contributed by atoms with E-state index < -0.39 is 0 Å². The quantitative estimate of drug-likeness (QED) is 0.776. The van der Waals surface area contributed by atoms with Crippen molar-refractivity contribution in [2.24, 2.45) is 0 Å². The number of ether oxygens (including phenoxy) is 1. The Hall–Kier alpha value is -3.15. The van der Waals surface area contributed by atoms with E-state index >= 15 is 0 Å². The van der Waals surface area contributed by atoms with Crippen LogP contribution in [0.2, 0.25) is 0 Å². The second-order valence-electron chi connectivity index (χ2n) is 6.11. The van der Waals surface area contributed by atoms with Gasteiger partial charge in [0.15, 0.2) is 12.4 Å². The molecule has 1 aliphatic heterocycles. The third kappa shape index (κ3) is 3.59. The molecular formula is C20H20N2O4. The van der Waals surface area contributed by atoms with Gasteiger partial charge in [0.2, 0.25) is 5.91 Å². The fraction of sp³-hybridized carbons (Fsp3) is 0.250. The molecule has 6 heteroatoms. The number of fused-ring (bicyclic) bond motifs is 1. The van der Waals surface area contributed by atoms with Crippen molar-refractivity contribution in [2.45, 2.75) is 13.3 Å². The van der Waals surface area contributed by atoms with Crippen LogP contribution >= 0.6 is 0 Å². The van der Waals surface area contributed by atoms with E-state index in [2.05, 4.69) is 0 Å². The van der Waals surface area contributed by atoms with E-state index in [0.717, 1.165) is 5.69 Å². The molecule has 0 bridgehead atoms. The minimum atomic E-state index is -0.228. The summed E-state index contributed by atoms with van der Waals surface area (Å²) >= 11 is 0. The van der Waals surface area contributed by atoms with Crippen LogP contribution in [-0.2, 0) is 9.59 Å². The Morgan fingerprint density at radius 3 is 2.58 bits per heavy atom. The summed E-state index contributed by atoms with van der Waals surface area (Å²) < 4.78 is 5.43. The van der Waals surface area contributed by atoms with Crippen molar-refractivity contribution in [3.8, 4) is 5.75 Å². The minimum Gasteiger partial charge on any atom is -0.482 e. The molecule has 1 heterocycles. The molecule has 0 radical (unpaired) electrons. The Morgan fingerprint density at radius 1 is 1.15 bits per heavy atom. The van der Waals surface area contributed by atoms with Crippen molar-refractivity contribution in [1.29, 1.82) is 0 Å². The van der Waals surface area contributed by atoms with Gasteiger partial charge in [-0.2, -0.15) is 0 Å². The highest BCUT2D eigenvalue weighted by Crippen LogP contribution is 2.33. The lowest BCUT2D eigenvalue weighted by atomic mass is 10.1. The maximum Gasteiger partial charge on any atom is 0.265 e. The fourth-order valence-electron chi connectivity index (χ4n) is 2.84. The van der Waals surface area contributed by atoms with E-state index in [1.807, 2.05) is 30.3 Å². The van der Waals surface area contributed by atoms with E-state index in [0.29, 0.717) is 17.0 Å². The molecule has 26 heavy (non-hydrogen) atoms. The number of Topliss-reactive ketones (excluding diaryl/α,β-unsaturated/α-hetero) is 1. The van der Waals surface area contributed by atoms with Crippen LogP contribution in [-0.4, -0.2) is 37.8 Å². The van der Waals surface area contributed by atoms with E-state index in [1.165, 1.54) is 11.8 Å². The third-order valence-corrected chi connectivity index (χ3v) is 4.38. The second kappa shape index (κ2) is 7.39. The van der Waals surface area contributed by atoms with Gasteiger partial charge in [-0.25, -0.2) is 0 Å². The number of rotatable bonds is 5. The SMILES string of the molecule is CC(=O)c1ccc2c(c1)N(CCC(=O)N(C)c1ccccc1)C(=O)CO2. The summed E-state index contributed by atoms with van der Waals surface area (Å²) in [5, 5.41) is 0. The zero-order valence-electron chi connectivity index (χ0n) is 14.8. The molecule has 0 unspecified atom stereocenters. The summed E-state index contributed by atoms with van der Waals surface area (Å²) in [5.74, 6) is 0.122. The molecule has 0 aliphatic carbocycles. The van der Waals surface area contributed by atoms with Gasteiger partial charge in [0.05, 0.1) is 5.69 Å². The monoisotopic (exact) mass is 352 g/mol. The van der Waals surface area contributed by atoms with E-state index in [1.54, 1.807) is 30.1 Å². The highest BCUT2D eigenvalue weighted by Gasteiger charge is 2.27. The van der Waals surface area contributed by atoms with Crippen LogP contribution in [0.3, 0.4) is 0 Å². The number of benzene rings is 2. The number of carbonyl (C=O) groups is 3. The van der Waals surface area contributed by atoms with Crippen molar-refractivity contribution in [3.63, 3.8) is 0 Å². The molecule has 0 saturated heterocycles. The minimum absolute atomic E-state index is 0.0743. The third-order valence-electron chi connectivity index (χ3n) is 4.38. The number of para-hydroxylation sites is 1.